The fourth-order valence-electron chi connectivity index (χ4n) is 4.84. The number of methoxy groups -OCH3 is 1. The molecular weight excluding hydrogens is 414 g/mol. The molecule has 1 fully saturated rings. The van der Waals surface area contributed by atoms with Gasteiger partial charge in [-0.2, -0.15) is 5.10 Å². The van der Waals surface area contributed by atoms with Gasteiger partial charge in [0.1, 0.15) is 5.75 Å². The van der Waals surface area contributed by atoms with E-state index in [-0.39, 0.29) is 17.7 Å². The minimum absolute atomic E-state index is 0.0451. The SMILES string of the molecule is COc1ccc(-c2[nH]ncc2C(=O)N2C[C@H]3C[C@@H](C2)c2ccc([N+](=O)[O-])c(=O)n2C3)cc1. The molecule has 0 radical (unpaired) electrons. The summed E-state index contributed by atoms with van der Waals surface area (Å²) in [6, 6.07) is 10.3. The topological polar surface area (TPSA) is 123 Å². The monoisotopic (exact) mass is 435 g/mol. The molecule has 0 aliphatic carbocycles. The Hall–Kier alpha value is -3.95. The van der Waals surface area contributed by atoms with Gasteiger partial charge in [-0.1, -0.05) is 0 Å². The minimum atomic E-state index is -0.643. The zero-order valence-corrected chi connectivity index (χ0v) is 17.4. The van der Waals surface area contributed by atoms with Gasteiger partial charge in [-0.05, 0) is 42.7 Å². The van der Waals surface area contributed by atoms with Crippen molar-refractivity contribution < 1.29 is 14.5 Å². The molecular formula is C22H21N5O5. The Morgan fingerprint density at radius 2 is 1.97 bits per heavy atom. The van der Waals surface area contributed by atoms with Crippen molar-refractivity contribution in [3.8, 4) is 17.0 Å². The number of aromatic nitrogens is 3. The van der Waals surface area contributed by atoms with Gasteiger partial charge in [0.15, 0.2) is 0 Å². The van der Waals surface area contributed by atoms with Gasteiger partial charge in [-0.25, -0.2) is 0 Å². The molecule has 1 amide bonds. The van der Waals surface area contributed by atoms with E-state index in [1.165, 1.54) is 16.8 Å². The summed E-state index contributed by atoms with van der Waals surface area (Å²) in [5, 5.41) is 18.1. The van der Waals surface area contributed by atoms with Crippen LogP contribution in [-0.4, -0.2) is 50.7 Å². The molecule has 10 heteroatoms. The second-order valence-corrected chi connectivity index (χ2v) is 8.21. The van der Waals surface area contributed by atoms with Crippen molar-refractivity contribution in [2.24, 2.45) is 5.92 Å². The third kappa shape index (κ3) is 3.24. The minimum Gasteiger partial charge on any atom is -0.497 e. The first-order valence-corrected chi connectivity index (χ1v) is 10.3. The average molecular weight is 435 g/mol. The highest BCUT2D eigenvalue weighted by Crippen LogP contribution is 2.36. The number of nitro groups is 1. The van der Waals surface area contributed by atoms with Gasteiger partial charge in [-0.3, -0.25) is 24.8 Å². The number of hydrogen-bond acceptors (Lipinski definition) is 6. The quantitative estimate of drug-likeness (QED) is 0.496. The average Bonchev–Trinajstić information content (AvgIpc) is 3.29. The lowest BCUT2D eigenvalue weighted by atomic mass is 9.83. The molecule has 164 valence electrons. The maximum absolute atomic E-state index is 13.4. The summed E-state index contributed by atoms with van der Waals surface area (Å²) in [4.78, 5) is 38.3. The predicted octanol–water partition coefficient (Wildman–Crippen LogP) is 2.41. The second-order valence-electron chi connectivity index (χ2n) is 8.21. The highest BCUT2D eigenvalue weighted by atomic mass is 16.6. The largest absolute Gasteiger partial charge is 0.497 e. The van der Waals surface area contributed by atoms with E-state index in [0.717, 1.165) is 23.4 Å². The van der Waals surface area contributed by atoms with Crippen LogP contribution in [0.3, 0.4) is 0 Å². The van der Waals surface area contributed by atoms with E-state index in [1.54, 1.807) is 18.1 Å². The number of likely N-dealkylation sites (tertiary alicyclic amines) is 1. The molecule has 32 heavy (non-hydrogen) atoms. The van der Waals surface area contributed by atoms with E-state index in [4.69, 9.17) is 4.74 Å². The Morgan fingerprint density at radius 3 is 2.69 bits per heavy atom. The molecule has 4 heterocycles. The molecule has 5 rings (SSSR count). The lowest BCUT2D eigenvalue weighted by Gasteiger charge is -2.42. The first kappa shape index (κ1) is 20.0. The number of fused-ring (bicyclic) bond motifs is 4. The first-order chi connectivity index (χ1) is 15.5. The van der Waals surface area contributed by atoms with Crippen LogP contribution < -0.4 is 10.3 Å². The van der Waals surface area contributed by atoms with Crippen LogP contribution in [0.2, 0.25) is 0 Å². The van der Waals surface area contributed by atoms with Gasteiger partial charge in [0.2, 0.25) is 0 Å². The highest BCUT2D eigenvalue weighted by Gasteiger charge is 2.38. The third-order valence-corrected chi connectivity index (χ3v) is 6.32. The van der Waals surface area contributed by atoms with Crippen LogP contribution in [-0.2, 0) is 6.54 Å². The molecule has 2 aliphatic rings. The molecule has 2 aromatic heterocycles. The number of nitrogens with one attached hydrogen (secondary N) is 1. The molecule has 1 N–H and O–H groups in total. The van der Waals surface area contributed by atoms with Crippen LogP contribution in [0.4, 0.5) is 5.69 Å². The lowest BCUT2D eigenvalue weighted by molar-refractivity contribution is -0.386. The Kier molecular flexibility index (Phi) is 4.76. The Morgan fingerprint density at radius 1 is 1.19 bits per heavy atom. The summed E-state index contributed by atoms with van der Waals surface area (Å²) in [6.45, 7) is 1.30. The maximum atomic E-state index is 13.4. The molecule has 0 saturated carbocycles. The number of rotatable bonds is 4. The molecule has 2 atom stereocenters. The van der Waals surface area contributed by atoms with Crippen molar-refractivity contribution in [3.05, 3.63) is 74.3 Å². The number of nitrogens with zero attached hydrogens (tertiary/aromatic N) is 4. The highest BCUT2D eigenvalue weighted by molar-refractivity contribution is 5.99. The van der Waals surface area contributed by atoms with Gasteiger partial charge in [0.05, 0.1) is 29.5 Å². The Balaban J connectivity index is 1.43. The van der Waals surface area contributed by atoms with Gasteiger partial charge >= 0.3 is 11.2 Å². The van der Waals surface area contributed by atoms with E-state index in [0.29, 0.717) is 30.9 Å². The van der Waals surface area contributed by atoms with Gasteiger partial charge < -0.3 is 14.2 Å². The van der Waals surface area contributed by atoms with Crippen LogP contribution >= 0.6 is 0 Å². The summed E-state index contributed by atoms with van der Waals surface area (Å²) in [5.41, 5.74) is 1.71. The Bertz CT molecular complexity index is 1260. The number of piperidine rings is 1. The zero-order chi connectivity index (χ0) is 22.4. The Labute approximate surface area is 182 Å². The molecule has 0 spiro atoms. The van der Waals surface area contributed by atoms with E-state index in [1.807, 2.05) is 24.3 Å². The summed E-state index contributed by atoms with van der Waals surface area (Å²) in [7, 11) is 1.60. The number of amides is 1. The number of carbonyl (C=O) groups excluding carboxylic acids is 1. The molecule has 2 bridgehead atoms. The third-order valence-electron chi connectivity index (χ3n) is 6.32. The second kappa shape index (κ2) is 7.63. The molecule has 1 saturated heterocycles. The fraction of sp³-hybridized carbons (Fsp3) is 0.318. The lowest BCUT2D eigenvalue weighted by Crippen LogP contribution is -2.49. The maximum Gasteiger partial charge on any atom is 0.334 e. The molecule has 10 nitrogen and oxygen atoms in total. The number of hydrogen-bond donors (Lipinski definition) is 1. The fourth-order valence-corrected chi connectivity index (χ4v) is 4.84. The molecule has 2 aliphatic heterocycles. The van der Waals surface area contributed by atoms with E-state index < -0.39 is 16.2 Å². The van der Waals surface area contributed by atoms with E-state index in [2.05, 4.69) is 10.2 Å². The zero-order valence-electron chi connectivity index (χ0n) is 17.4. The van der Waals surface area contributed by atoms with Crippen molar-refractivity contribution in [1.82, 2.24) is 19.7 Å². The van der Waals surface area contributed by atoms with Crippen molar-refractivity contribution in [2.45, 2.75) is 18.9 Å². The van der Waals surface area contributed by atoms with Gasteiger partial charge in [0.25, 0.3) is 5.91 Å². The summed E-state index contributed by atoms with van der Waals surface area (Å²) >= 11 is 0. The smallest absolute Gasteiger partial charge is 0.334 e. The van der Waals surface area contributed by atoms with Crippen LogP contribution in [0.25, 0.3) is 11.3 Å². The van der Waals surface area contributed by atoms with Crippen LogP contribution in [0.1, 0.15) is 28.4 Å². The van der Waals surface area contributed by atoms with E-state index >= 15 is 0 Å². The van der Waals surface area contributed by atoms with Crippen molar-refractivity contribution in [3.63, 3.8) is 0 Å². The number of pyridine rings is 1. The van der Waals surface area contributed by atoms with Crippen molar-refractivity contribution in [1.29, 1.82) is 0 Å². The number of benzene rings is 1. The van der Waals surface area contributed by atoms with Crippen LogP contribution in [0, 0.1) is 16.0 Å². The van der Waals surface area contributed by atoms with Crippen LogP contribution in [0.5, 0.6) is 5.75 Å². The summed E-state index contributed by atoms with van der Waals surface area (Å²) in [5.74, 6) is 0.605. The molecule has 3 aromatic rings. The van der Waals surface area contributed by atoms with E-state index in [9.17, 15) is 19.7 Å². The normalized spacial score (nSPS) is 19.3. The summed E-state index contributed by atoms with van der Waals surface area (Å²) in [6.07, 6.45) is 2.38. The van der Waals surface area contributed by atoms with Crippen LogP contribution in [0.15, 0.2) is 47.4 Å². The molecule has 0 unspecified atom stereocenters. The molecule has 1 aromatic carbocycles. The number of H-pyrrole nitrogens is 1. The van der Waals surface area contributed by atoms with Gasteiger partial charge in [0, 0.05) is 42.9 Å². The first-order valence-electron chi connectivity index (χ1n) is 10.3. The van der Waals surface area contributed by atoms with Gasteiger partial charge in [-0.15, -0.1) is 0 Å². The predicted molar refractivity (Wildman–Crippen MR) is 115 cm³/mol. The van der Waals surface area contributed by atoms with Crippen molar-refractivity contribution >= 4 is 11.6 Å². The number of aromatic amines is 1. The number of carbonyl (C=O) groups is 1. The summed E-state index contributed by atoms with van der Waals surface area (Å²) < 4.78 is 6.71. The number of ether oxygens (including phenoxy) is 1. The van der Waals surface area contributed by atoms with Crippen molar-refractivity contribution in [2.75, 3.05) is 20.2 Å². The standard InChI is InChI=1S/C22H21N5O5/c1-32-16-4-2-14(3-5-16)20-17(9-23-24-20)21(28)25-10-13-8-15(12-25)18-6-7-19(27(30)31)22(29)26(18)11-13/h2-7,9,13,15H,8,10-12H2,1H3,(H,23,24)/t13-,15+/m1/s1.